The minimum absolute atomic E-state index is 0.0165. The molecule has 1 heterocycles. The minimum Gasteiger partial charge on any atom is -0.495 e. The highest BCUT2D eigenvalue weighted by Gasteiger charge is 2.37. The van der Waals surface area contributed by atoms with Crippen molar-refractivity contribution in [3.05, 3.63) is 90.2 Å². The third-order valence-corrected chi connectivity index (χ3v) is 7.93. The van der Waals surface area contributed by atoms with E-state index in [0.717, 1.165) is 17.7 Å². The second-order valence-corrected chi connectivity index (χ2v) is 11.6. The SMILES string of the molecule is COc1ccc(C(F)(F)F)cc1NC(=O)CN1C(=O)S/C(=C\c2cc(Br)c(OCc3ccc(Cl)cc3)c(Br)c2)C1=O. The molecule has 0 bridgehead atoms. The van der Waals surface area contributed by atoms with Crippen LogP contribution in [0.1, 0.15) is 16.7 Å². The molecule has 14 heteroatoms. The number of benzene rings is 3. The summed E-state index contributed by atoms with van der Waals surface area (Å²) in [5, 5.41) is 2.19. The first kappa shape index (κ1) is 30.9. The van der Waals surface area contributed by atoms with E-state index in [-0.39, 0.29) is 22.9 Å². The summed E-state index contributed by atoms with van der Waals surface area (Å²) in [6, 6.07) is 13.2. The Morgan fingerprint density at radius 1 is 1.07 bits per heavy atom. The molecule has 0 radical (unpaired) electrons. The standard InChI is InChI=1S/C27H18Br2ClF3N2O5S/c1-39-21-7-4-16(27(31,32)33)11-20(21)34-23(36)12-35-25(37)22(41-26(35)38)10-15-8-18(28)24(19(29)9-15)40-13-14-2-5-17(30)6-3-14/h2-11H,12-13H2,1H3,(H,34,36)/b22-10-. The number of halogens is 6. The molecule has 4 rings (SSSR count). The van der Waals surface area contributed by atoms with Crippen molar-refractivity contribution in [1.82, 2.24) is 4.90 Å². The number of nitrogens with zero attached hydrogens (tertiary/aromatic N) is 1. The van der Waals surface area contributed by atoms with E-state index < -0.39 is 35.3 Å². The van der Waals surface area contributed by atoms with E-state index >= 15 is 0 Å². The molecule has 214 valence electrons. The van der Waals surface area contributed by atoms with Crippen LogP contribution in [0.3, 0.4) is 0 Å². The van der Waals surface area contributed by atoms with Gasteiger partial charge in [0.05, 0.1) is 32.2 Å². The Morgan fingerprint density at radius 3 is 2.34 bits per heavy atom. The lowest BCUT2D eigenvalue weighted by Gasteiger charge is -2.16. The molecule has 0 saturated carbocycles. The van der Waals surface area contributed by atoms with Gasteiger partial charge in [-0.15, -0.1) is 0 Å². The number of methoxy groups -OCH3 is 1. The molecule has 0 aliphatic carbocycles. The lowest BCUT2D eigenvalue weighted by Crippen LogP contribution is -2.36. The number of amides is 3. The number of hydrogen-bond acceptors (Lipinski definition) is 6. The van der Waals surface area contributed by atoms with Crippen molar-refractivity contribution < 1.29 is 37.0 Å². The molecule has 0 aromatic heterocycles. The molecule has 41 heavy (non-hydrogen) atoms. The molecule has 3 aromatic rings. The van der Waals surface area contributed by atoms with E-state index in [0.29, 0.717) is 48.0 Å². The molecule has 7 nitrogen and oxygen atoms in total. The predicted octanol–water partition coefficient (Wildman–Crippen LogP) is 8.15. The van der Waals surface area contributed by atoms with Gasteiger partial charge in [0, 0.05) is 5.02 Å². The highest BCUT2D eigenvalue weighted by atomic mass is 79.9. The predicted molar refractivity (Wildman–Crippen MR) is 157 cm³/mol. The molecule has 1 aliphatic heterocycles. The second kappa shape index (κ2) is 12.9. The molecule has 1 fully saturated rings. The number of thioether (sulfide) groups is 1. The van der Waals surface area contributed by atoms with Gasteiger partial charge in [0.2, 0.25) is 5.91 Å². The minimum atomic E-state index is -4.64. The molecule has 3 amide bonds. The van der Waals surface area contributed by atoms with Gasteiger partial charge in [-0.2, -0.15) is 13.2 Å². The van der Waals surface area contributed by atoms with Gasteiger partial charge in [0.15, 0.2) is 0 Å². The fourth-order valence-corrected chi connectivity index (χ4v) is 6.05. The van der Waals surface area contributed by atoms with Crippen LogP contribution in [-0.2, 0) is 22.4 Å². The van der Waals surface area contributed by atoms with Crippen LogP contribution in [0.5, 0.6) is 11.5 Å². The Balaban J connectivity index is 1.45. The summed E-state index contributed by atoms with van der Waals surface area (Å²) >= 11 is 13.5. The van der Waals surface area contributed by atoms with Crippen LogP contribution < -0.4 is 14.8 Å². The van der Waals surface area contributed by atoms with Gasteiger partial charge in [-0.1, -0.05) is 23.7 Å². The molecule has 0 atom stereocenters. The van der Waals surface area contributed by atoms with E-state index in [4.69, 9.17) is 21.1 Å². The van der Waals surface area contributed by atoms with Crippen molar-refractivity contribution in [3.63, 3.8) is 0 Å². The van der Waals surface area contributed by atoms with Crippen LogP contribution in [0.25, 0.3) is 6.08 Å². The van der Waals surface area contributed by atoms with Crippen LogP contribution in [0.2, 0.25) is 5.02 Å². The summed E-state index contributed by atoms with van der Waals surface area (Å²) in [6.45, 7) is -0.423. The Kier molecular flexibility index (Phi) is 9.73. The number of anilines is 1. The van der Waals surface area contributed by atoms with E-state index in [9.17, 15) is 27.6 Å². The van der Waals surface area contributed by atoms with Crippen LogP contribution in [0.15, 0.2) is 68.4 Å². The number of ether oxygens (including phenoxy) is 2. The number of imide groups is 1. The maximum Gasteiger partial charge on any atom is 0.416 e. The maximum absolute atomic E-state index is 13.1. The van der Waals surface area contributed by atoms with Gasteiger partial charge < -0.3 is 14.8 Å². The van der Waals surface area contributed by atoms with Gasteiger partial charge in [0.25, 0.3) is 11.1 Å². The topological polar surface area (TPSA) is 84.9 Å². The Labute approximate surface area is 258 Å². The zero-order chi connectivity index (χ0) is 29.9. The average molecular weight is 735 g/mol. The zero-order valence-electron chi connectivity index (χ0n) is 20.9. The highest BCUT2D eigenvalue weighted by molar-refractivity contribution is 9.11. The number of carbonyl (C=O) groups is 3. The molecule has 0 spiro atoms. The fraction of sp³-hybridized carbons (Fsp3) is 0.148. The third-order valence-electron chi connectivity index (χ3n) is 5.59. The monoisotopic (exact) mass is 732 g/mol. The zero-order valence-corrected chi connectivity index (χ0v) is 25.6. The third kappa shape index (κ3) is 7.64. The van der Waals surface area contributed by atoms with E-state index in [2.05, 4.69) is 37.2 Å². The number of alkyl halides is 3. The van der Waals surface area contributed by atoms with Crippen LogP contribution in [-0.4, -0.2) is 35.6 Å². The van der Waals surface area contributed by atoms with Gasteiger partial charge in [-0.3, -0.25) is 19.3 Å². The van der Waals surface area contributed by atoms with Gasteiger partial charge in [-0.25, -0.2) is 0 Å². The summed E-state index contributed by atoms with van der Waals surface area (Å²) in [5.41, 5.74) is 0.220. The number of rotatable bonds is 8. The number of hydrogen-bond donors (Lipinski definition) is 1. The summed E-state index contributed by atoms with van der Waals surface area (Å²) in [4.78, 5) is 38.9. The second-order valence-electron chi connectivity index (χ2n) is 8.46. The summed E-state index contributed by atoms with van der Waals surface area (Å²) in [5.74, 6) is -1.09. The Hall–Kier alpha value is -3.00. The molecule has 1 aliphatic rings. The lowest BCUT2D eigenvalue weighted by molar-refractivity contribution is -0.137. The fourth-order valence-electron chi connectivity index (χ4n) is 3.64. The van der Waals surface area contributed by atoms with Gasteiger partial charge in [-0.05, 0) is 103 Å². The molecule has 1 N–H and O–H groups in total. The van der Waals surface area contributed by atoms with Crippen molar-refractivity contribution in [2.45, 2.75) is 12.8 Å². The van der Waals surface area contributed by atoms with Crippen LogP contribution in [0.4, 0.5) is 23.7 Å². The quantitative estimate of drug-likeness (QED) is 0.235. The normalized spacial score (nSPS) is 14.5. The van der Waals surface area contributed by atoms with Crippen molar-refractivity contribution >= 4 is 84.0 Å². The van der Waals surface area contributed by atoms with Crippen molar-refractivity contribution in [3.8, 4) is 11.5 Å². The summed E-state index contributed by atoms with van der Waals surface area (Å²) in [7, 11) is 1.23. The van der Waals surface area contributed by atoms with Crippen LogP contribution in [0, 0.1) is 0 Å². The lowest BCUT2D eigenvalue weighted by atomic mass is 10.1. The largest absolute Gasteiger partial charge is 0.495 e. The Bertz CT molecular complexity index is 1530. The van der Waals surface area contributed by atoms with Crippen LogP contribution >= 0.6 is 55.2 Å². The Morgan fingerprint density at radius 2 is 1.73 bits per heavy atom. The number of carbonyl (C=O) groups excluding carboxylic acids is 3. The van der Waals surface area contributed by atoms with Gasteiger partial charge in [0.1, 0.15) is 24.7 Å². The molecule has 0 unspecified atom stereocenters. The summed E-state index contributed by atoms with van der Waals surface area (Å²) < 4.78 is 51.4. The molecule has 1 saturated heterocycles. The highest BCUT2D eigenvalue weighted by Crippen LogP contribution is 2.39. The van der Waals surface area contributed by atoms with Crippen molar-refractivity contribution in [1.29, 1.82) is 0 Å². The van der Waals surface area contributed by atoms with Crippen molar-refractivity contribution in [2.24, 2.45) is 0 Å². The van der Waals surface area contributed by atoms with E-state index in [1.165, 1.54) is 13.2 Å². The summed E-state index contributed by atoms with van der Waals surface area (Å²) in [6.07, 6.45) is -3.16. The number of nitrogens with one attached hydrogen (secondary N) is 1. The first-order valence-electron chi connectivity index (χ1n) is 11.5. The molecule has 3 aromatic carbocycles. The molecular formula is C27H18Br2ClF3N2O5S. The smallest absolute Gasteiger partial charge is 0.416 e. The first-order chi connectivity index (χ1) is 19.3. The molecular weight excluding hydrogens is 717 g/mol. The van der Waals surface area contributed by atoms with Gasteiger partial charge >= 0.3 is 6.18 Å². The van der Waals surface area contributed by atoms with E-state index in [1.807, 2.05) is 12.1 Å². The maximum atomic E-state index is 13.1. The first-order valence-corrected chi connectivity index (χ1v) is 14.3. The average Bonchev–Trinajstić information content (AvgIpc) is 3.15. The van der Waals surface area contributed by atoms with Crippen molar-refractivity contribution in [2.75, 3.05) is 19.0 Å². The van der Waals surface area contributed by atoms with E-state index in [1.54, 1.807) is 24.3 Å².